The van der Waals surface area contributed by atoms with Gasteiger partial charge in [-0.3, -0.25) is 0 Å². The van der Waals surface area contributed by atoms with E-state index in [0.29, 0.717) is 0 Å². The molecule has 134 valence electrons. The Hall–Kier alpha value is -0.710. The smallest absolute Gasteiger partial charge is 0.396 e. The molecule has 1 N–H and O–H groups in total. The van der Waals surface area contributed by atoms with Crippen molar-refractivity contribution in [1.29, 1.82) is 0 Å². The first kappa shape index (κ1) is 21.3. The molecule has 22 heavy (non-hydrogen) atoms. The van der Waals surface area contributed by atoms with E-state index < -0.39 is 49.0 Å². The molecule has 0 bridgehead atoms. The second-order valence-electron chi connectivity index (χ2n) is 5.48. The Morgan fingerprint density at radius 2 is 1.27 bits per heavy atom. The molecule has 0 saturated carbocycles. The Labute approximate surface area is 120 Å². The van der Waals surface area contributed by atoms with Gasteiger partial charge in [0, 0.05) is 11.8 Å². The summed E-state index contributed by atoms with van der Waals surface area (Å²) in [5.41, 5.74) is -0.909. The monoisotopic (exact) mass is 350 g/mol. The number of aliphatic hydroxyl groups is 1. The molecular weight excluding hydrogens is 335 g/mol. The summed E-state index contributed by atoms with van der Waals surface area (Å²) in [6.07, 6.45) is -8.85. The van der Waals surface area contributed by atoms with Gasteiger partial charge in [-0.05, 0) is 0 Å². The molecule has 0 fully saturated rings. The fourth-order valence-corrected chi connectivity index (χ4v) is 1.16. The number of halogens is 9. The van der Waals surface area contributed by atoms with Crippen LogP contribution in [0.5, 0.6) is 0 Å². The van der Waals surface area contributed by atoms with Crippen LogP contribution in [0.2, 0.25) is 0 Å². The van der Waals surface area contributed by atoms with Crippen molar-refractivity contribution in [2.75, 3.05) is 19.8 Å². The molecule has 0 aromatic rings. The molecule has 0 saturated heterocycles. The predicted molar refractivity (Wildman–Crippen MR) is 57.2 cm³/mol. The van der Waals surface area contributed by atoms with Gasteiger partial charge in [0.25, 0.3) is 0 Å². The average molecular weight is 350 g/mol. The van der Waals surface area contributed by atoms with Crippen molar-refractivity contribution in [3.63, 3.8) is 0 Å². The quantitative estimate of drug-likeness (QED) is 0.532. The van der Waals surface area contributed by atoms with E-state index in [1.807, 2.05) is 0 Å². The van der Waals surface area contributed by atoms with Crippen LogP contribution in [0.3, 0.4) is 0 Å². The standard InChI is InChI=1S/C11H15F9O2/c1-7(2,5-21)6-22-4-3-8(12,13)9(14,15)10(16,17)11(18,19)20/h21H,3-6H2,1-2H3. The van der Waals surface area contributed by atoms with E-state index in [0.717, 1.165) is 0 Å². The topological polar surface area (TPSA) is 29.5 Å². The van der Waals surface area contributed by atoms with Crippen molar-refractivity contribution in [1.82, 2.24) is 0 Å². The number of alkyl halides is 9. The van der Waals surface area contributed by atoms with E-state index in [1.165, 1.54) is 13.8 Å². The van der Waals surface area contributed by atoms with Crippen LogP contribution in [0.4, 0.5) is 39.5 Å². The molecule has 0 aliphatic rings. The summed E-state index contributed by atoms with van der Waals surface area (Å²) in [6.45, 7) is 0.863. The zero-order valence-corrected chi connectivity index (χ0v) is 11.6. The van der Waals surface area contributed by atoms with E-state index in [9.17, 15) is 39.5 Å². The van der Waals surface area contributed by atoms with Gasteiger partial charge in [0.1, 0.15) is 0 Å². The van der Waals surface area contributed by atoms with E-state index >= 15 is 0 Å². The van der Waals surface area contributed by atoms with Gasteiger partial charge >= 0.3 is 23.9 Å². The van der Waals surface area contributed by atoms with Gasteiger partial charge in [0.2, 0.25) is 0 Å². The van der Waals surface area contributed by atoms with E-state index in [1.54, 1.807) is 0 Å². The fourth-order valence-electron chi connectivity index (χ4n) is 1.16. The first-order valence-electron chi connectivity index (χ1n) is 5.91. The van der Waals surface area contributed by atoms with Crippen molar-refractivity contribution in [2.45, 2.75) is 44.2 Å². The molecule has 0 heterocycles. The summed E-state index contributed by atoms with van der Waals surface area (Å²) in [4.78, 5) is 0. The zero-order chi connectivity index (χ0) is 18.0. The highest BCUT2D eigenvalue weighted by Gasteiger charge is 2.81. The Morgan fingerprint density at radius 1 is 0.818 bits per heavy atom. The number of hydrogen-bond donors (Lipinski definition) is 1. The maximum atomic E-state index is 13.1. The van der Waals surface area contributed by atoms with Gasteiger partial charge in [-0.2, -0.15) is 39.5 Å². The fraction of sp³-hybridized carbons (Fsp3) is 1.00. The summed E-state index contributed by atoms with van der Waals surface area (Å²) in [6, 6.07) is 0. The third kappa shape index (κ3) is 4.40. The number of aliphatic hydroxyl groups excluding tert-OH is 1. The third-order valence-electron chi connectivity index (χ3n) is 2.69. The Morgan fingerprint density at radius 3 is 1.64 bits per heavy atom. The summed E-state index contributed by atoms with van der Waals surface area (Å²) < 4.78 is 117. The highest BCUT2D eigenvalue weighted by molar-refractivity contribution is 5.00. The van der Waals surface area contributed by atoms with Gasteiger partial charge < -0.3 is 9.84 Å². The molecule has 0 rings (SSSR count). The lowest BCUT2D eigenvalue weighted by Gasteiger charge is -2.33. The minimum absolute atomic E-state index is 0.374. The van der Waals surface area contributed by atoms with Crippen LogP contribution in [0.15, 0.2) is 0 Å². The summed E-state index contributed by atoms with van der Waals surface area (Å²) >= 11 is 0. The van der Waals surface area contributed by atoms with Crippen LogP contribution < -0.4 is 0 Å². The van der Waals surface area contributed by atoms with Crippen LogP contribution in [0.1, 0.15) is 20.3 Å². The largest absolute Gasteiger partial charge is 0.460 e. The molecule has 0 aromatic heterocycles. The van der Waals surface area contributed by atoms with Crippen molar-refractivity contribution >= 4 is 0 Å². The molecule has 0 unspecified atom stereocenters. The van der Waals surface area contributed by atoms with Crippen molar-refractivity contribution in [3.8, 4) is 0 Å². The van der Waals surface area contributed by atoms with E-state index in [2.05, 4.69) is 4.74 Å². The van der Waals surface area contributed by atoms with Crippen LogP contribution in [0.25, 0.3) is 0 Å². The van der Waals surface area contributed by atoms with E-state index in [4.69, 9.17) is 5.11 Å². The second kappa shape index (κ2) is 6.42. The summed E-state index contributed by atoms with van der Waals surface area (Å²) in [7, 11) is 0. The molecule has 0 aliphatic heterocycles. The van der Waals surface area contributed by atoms with Crippen LogP contribution >= 0.6 is 0 Å². The summed E-state index contributed by atoms with van der Waals surface area (Å²) in [5.74, 6) is -19.1. The molecule has 11 heteroatoms. The third-order valence-corrected chi connectivity index (χ3v) is 2.69. The normalized spacial score (nSPS) is 15.3. The molecule has 0 spiro atoms. The second-order valence-corrected chi connectivity index (χ2v) is 5.48. The number of rotatable bonds is 8. The molecule has 0 aromatic carbocycles. The van der Waals surface area contributed by atoms with Gasteiger partial charge in [0.15, 0.2) is 0 Å². The molecule has 0 amide bonds. The lowest BCUT2D eigenvalue weighted by Crippen LogP contribution is -2.61. The Balaban J connectivity index is 4.86. The summed E-state index contributed by atoms with van der Waals surface area (Å²) in [5, 5.41) is 8.81. The van der Waals surface area contributed by atoms with Crippen LogP contribution in [0, 0.1) is 5.41 Å². The Kier molecular flexibility index (Phi) is 6.21. The SMILES string of the molecule is CC(C)(CO)COCCC(F)(F)C(F)(F)C(F)(F)C(F)(F)F. The van der Waals surface area contributed by atoms with Gasteiger partial charge in [-0.25, -0.2) is 0 Å². The van der Waals surface area contributed by atoms with Crippen molar-refractivity contribution < 1.29 is 49.4 Å². The zero-order valence-electron chi connectivity index (χ0n) is 11.6. The van der Waals surface area contributed by atoms with Crippen molar-refractivity contribution in [3.05, 3.63) is 0 Å². The number of ether oxygens (including phenoxy) is 1. The lowest BCUT2D eigenvalue weighted by atomic mass is 9.96. The van der Waals surface area contributed by atoms with Crippen LogP contribution in [-0.2, 0) is 4.74 Å². The minimum Gasteiger partial charge on any atom is -0.396 e. The van der Waals surface area contributed by atoms with E-state index in [-0.39, 0.29) is 6.61 Å². The maximum absolute atomic E-state index is 13.1. The lowest BCUT2D eigenvalue weighted by molar-refractivity contribution is -0.397. The molecular formula is C11H15F9O2. The highest BCUT2D eigenvalue weighted by atomic mass is 19.4. The number of hydrogen-bond acceptors (Lipinski definition) is 2. The molecule has 0 radical (unpaired) electrons. The highest BCUT2D eigenvalue weighted by Crippen LogP contribution is 2.53. The van der Waals surface area contributed by atoms with Gasteiger partial charge in [-0.15, -0.1) is 0 Å². The van der Waals surface area contributed by atoms with Gasteiger partial charge in [0.05, 0.1) is 19.8 Å². The van der Waals surface area contributed by atoms with Gasteiger partial charge in [-0.1, -0.05) is 13.8 Å². The first-order chi connectivity index (χ1) is 9.52. The predicted octanol–water partition coefficient (Wildman–Crippen LogP) is 3.88. The first-order valence-corrected chi connectivity index (χ1v) is 5.91. The molecule has 0 aliphatic carbocycles. The maximum Gasteiger partial charge on any atom is 0.460 e. The van der Waals surface area contributed by atoms with Crippen molar-refractivity contribution in [2.24, 2.45) is 5.41 Å². The average Bonchev–Trinajstić information content (AvgIpc) is 2.33. The minimum atomic E-state index is -6.88. The van der Waals surface area contributed by atoms with Crippen LogP contribution in [-0.4, -0.2) is 48.9 Å². The molecule has 0 atom stereocenters. The molecule has 2 nitrogen and oxygen atoms in total. The Bertz CT molecular complexity index is 363.